The first-order valence-corrected chi connectivity index (χ1v) is 6.77. The van der Waals surface area contributed by atoms with Gasteiger partial charge in [0, 0.05) is 22.8 Å². The van der Waals surface area contributed by atoms with Gasteiger partial charge >= 0.3 is 0 Å². The minimum atomic E-state index is 0.00812. The van der Waals surface area contributed by atoms with E-state index < -0.39 is 0 Å². The van der Waals surface area contributed by atoms with Gasteiger partial charge < -0.3 is 11.1 Å². The Labute approximate surface area is 110 Å². The van der Waals surface area contributed by atoms with Crippen LogP contribution in [-0.2, 0) is 0 Å². The molecular weight excluding hydrogens is 232 g/mol. The molecule has 0 fully saturated rings. The minimum Gasteiger partial charge on any atom is -0.378 e. The normalized spacial score (nSPS) is 11.5. The van der Waals surface area contributed by atoms with Gasteiger partial charge in [0.1, 0.15) is 0 Å². The van der Waals surface area contributed by atoms with Gasteiger partial charge in [-0.25, -0.2) is 0 Å². The molecule has 1 aromatic rings. The fourth-order valence-electron chi connectivity index (χ4n) is 2.33. The van der Waals surface area contributed by atoms with Gasteiger partial charge in [0.15, 0.2) is 0 Å². The van der Waals surface area contributed by atoms with E-state index in [-0.39, 0.29) is 5.54 Å². The number of nitrogens with two attached hydrogens (primary N) is 1. The number of hydrogen-bond acceptors (Lipinski definition) is 2. The molecule has 0 atom stereocenters. The van der Waals surface area contributed by atoms with Crippen molar-refractivity contribution >= 4 is 17.3 Å². The van der Waals surface area contributed by atoms with E-state index in [0.29, 0.717) is 6.54 Å². The van der Waals surface area contributed by atoms with Crippen molar-refractivity contribution < 1.29 is 0 Å². The van der Waals surface area contributed by atoms with Gasteiger partial charge in [0.2, 0.25) is 0 Å². The van der Waals surface area contributed by atoms with Crippen molar-refractivity contribution in [3.8, 4) is 0 Å². The third-order valence-electron chi connectivity index (χ3n) is 3.08. The second-order valence-corrected chi connectivity index (χ2v) is 5.06. The largest absolute Gasteiger partial charge is 0.378 e. The third kappa shape index (κ3) is 4.21. The SMILES string of the molecule is CCCC(CN)(CCC)Nc1cccc(Cl)c1. The van der Waals surface area contributed by atoms with E-state index in [0.717, 1.165) is 36.4 Å². The Kier molecular flexibility index (Phi) is 5.79. The second kappa shape index (κ2) is 6.87. The molecule has 96 valence electrons. The van der Waals surface area contributed by atoms with Gasteiger partial charge in [-0.05, 0) is 31.0 Å². The summed E-state index contributed by atoms with van der Waals surface area (Å²) in [6, 6.07) is 7.85. The van der Waals surface area contributed by atoms with Crippen molar-refractivity contribution in [1.82, 2.24) is 0 Å². The highest BCUT2D eigenvalue weighted by Gasteiger charge is 2.26. The van der Waals surface area contributed by atoms with Crippen molar-refractivity contribution in [2.24, 2.45) is 5.73 Å². The lowest BCUT2D eigenvalue weighted by atomic mass is 9.88. The summed E-state index contributed by atoms with van der Waals surface area (Å²) in [5.74, 6) is 0. The molecule has 3 N–H and O–H groups in total. The molecule has 17 heavy (non-hydrogen) atoms. The predicted octanol–water partition coefficient (Wildman–Crippen LogP) is 4.05. The molecule has 0 heterocycles. The second-order valence-electron chi connectivity index (χ2n) is 4.62. The zero-order valence-electron chi connectivity index (χ0n) is 10.8. The smallest absolute Gasteiger partial charge is 0.0495 e. The number of hydrogen-bond donors (Lipinski definition) is 2. The van der Waals surface area contributed by atoms with E-state index in [1.807, 2.05) is 24.3 Å². The molecule has 0 saturated heterocycles. The highest BCUT2D eigenvalue weighted by molar-refractivity contribution is 6.30. The quantitative estimate of drug-likeness (QED) is 0.770. The summed E-state index contributed by atoms with van der Waals surface area (Å²) < 4.78 is 0. The first-order chi connectivity index (χ1) is 8.15. The first-order valence-electron chi connectivity index (χ1n) is 6.39. The number of benzene rings is 1. The van der Waals surface area contributed by atoms with Gasteiger partial charge in [-0.15, -0.1) is 0 Å². The Morgan fingerprint density at radius 1 is 1.24 bits per heavy atom. The summed E-state index contributed by atoms with van der Waals surface area (Å²) in [7, 11) is 0. The van der Waals surface area contributed by atoms with Crippen LogP contribution in [0, 0.1) is 0 Å². The molecule has 1 aromatic carbocycles. The molecule has 0 aliphatic heterocycles. The number of rotatable bonds is 7. The van der Waals surface area contributed by atoms with E-state index in [9.17, 15) is 0 Å². The molecule has 0 aliphatic rings. The summed E-state index contributed by atoms with van der Waals surface area (Å²) in [6.45, 7) is 5.04. The van der Waals surface area contributed by atoms with E-state index in [4.69, 9.17) is 17.3 Å². The zero-order valence-corrected chi connectivity index (χ0v) is 11.6. The lowest BCUT2D eigenvalue weighted by Gasteiger charge is -2.34. The topological polar surface area (TPSA) is 38.0 Å². The molecule has 0 aliphatic carbocycles. The Bertz CT molecular complexity index is 333. The van der Waals surface area contributed by atoms with E-state index in [1.54, 1.807) is 0 Å². The van der Waals surface area contributed by atoms with Crippen LogP contribution in [0.25, 0.3) is 0 Å². The fourth-order valence-corrected chi connectivity index (χ4v) is 2.52. The van der Waals surface area contributed by atoms with Crippen molar-refractivity contribution in [3.63, 3.8) is 0 Å². The van der Waals surface area contributed by atoms with Crippen LogP contribution in [-0.4, -0.2) is 12.1 Å². The molecule has 1 rings (SSSR count). The van der Waals surface area contributed by atoms with Gasteiger partial charge in [-0.1, -0.05) is 44.4 Å². The molecule has 0 bridgehead atoms. The van der Waals surface area contributed by atoms with Gasteiger partial charge in [0.25, 0.3) is 0 Å². The van der Waals surface area contributed by atoms with Crippen LogP contribution in [0.5, 0.6) is 0 Å². The van der Waals surface area contributed by atoms with E-state index >= 15 is 0 Å². The Morgan fingerprint density at radius 3 is 2.35 bits per heavy atom. The molecule has 3 heteroatoms. The monoisotopic (exact) mass is 254 g/mol. The van der Waals surface area contributed by atoms with Crippen LogP contribution in [0.3, 0.4) is 0 Å². The van der Waals surface area contributed by atoms with Crippen LogP contribution < -0.4 is 11.1 Å². The molecule has 0 amide bonds. The van der Waals surface area contributed by atoms with Gasteiger partial charge in [-0.3, -0.25) is 0 Å². The highest BCUT2D eigenvalue weighted by atomic mass is 35.5. The molecule has 0 radical (unpaired) electrons. The predicted molar refractivity (Wildman–Crippen MR) is 76.7 cm³/mol. The average Bonchev–Trinajstić information content (AvgIpc) is 2.29. The van der Waals surface area contributed by atoms with E-state index in [2.05, 4.69) is 19.2 Å². The highest BCUT2D eigenvalue weighted by Crippen LogP contribution is 2.26. The molecule has 0 spiro atoms. The summed E-state index contributed by atoms with van der Waals surface area (Å²) in [5, 5.41) is 4.33. The number of anilines is 1. The van der Waals surface area contributed by atoms with Gasteiger partial charge in [0.05, 0.1) is 0 Å². The van der Waals surface area contributed by atoms with Crippen molar-refractivity contribution in [3.05, 3.63) is 29.3 Å². The van der Waals surface area contributed by atoms with Crippen LogP contribution in [0.4, 0.5) is 5.69 Å². The maximum atomic E-state index is 6.00. The Morgan fingerprint density at radius 2 is 1.88 bits per heavy atom. The maximum absolute atomic E-state index is 6.00. The van der Waals surface area contributed by atoms with Crippen molar-refractivity contribution in [2.75, 3.05) is 11.9 Å². The standard InChI is InChI=1S/C14H23ClN2/c1-3-8-14(11-16,9-4-2)17-13-7-5-6-12(15)10-13/h5-7,10,17H,3-4,8-9,11,16H2,1-2H3. The Balaban J connectivity index is 2.84. The lowest BCUT2D eigenvalue weighted by molar-refractivity contribution is 0.401. The first kappa shape index (κ1) is 14.3. The molecular formula is C14H23ClN2. The van der Waals surface area contributed by atoms with E-state index in [1.165, 1.54) is 0 Å². The Hall–Kier alpha value is -0.730. The van der Waals surface area contributed by atoms with Crippen LogP contribution >= 0.6 is 11.6 Å². The molecule has 2 nitrogen and oxygen atoms in total. The van der Waals surface area contributed by atoms with Crippen LogP contribution in [0.15, 0.2) is 24.3 Å². The minimum absolute atomic E-state index is 0.00812. The van der Waals surface area contributed by atoms with Crippen LogP contribution in [0.2, 0.25) is 5.02 Å². The summed E-state index contributed by atoms with van der Waals surface area (Å²) >= 11 is 6.00. The molecule has 0 unspecified atom stereocenters. The summed E-state index contributed by atoms with van der Waals surface area (Å²) in [5.41, 5.74) is 7.04. The van der Waals surface area contributed by atoms with Crippen molar-refractivity contribution in [2.45, 2.75) is 45.1 Å². The number of nitrogens with one attached hydrogen (secondary N) is 1. The average molecular weight is 255 g/mol. The fraction of sp³-hybridized carbons (Fsp3) is 0.571. The number of halogens is 1. The summed E-state index contributed by atoms with van der Waals surface area (Å²) in [4.78, 5) is 0. The van der Waals surface area contributed by atoms with Crippen LogP contribution in [0.1, 0.15) is 39.5 Å². The lowest BCUT2D eigenvalue weighted by Crippen LogP contribution is -2.45. The van der Waals surface area contributed by atoms with Crippen molar-refractivity contribution in [1.29, 1.82) is 0 Å². The molecule has 0 aromatic heterocycles. The maximum Gasteiger partial charge on any atom is 0.0495 e. The van der Waals surface area contributed by atoms with Gasteiger partial charge in [-0.2, -0.15) is 0 Å². The summed E-state index contributed by atoms with van der Waals surface area (Å²) in [6.07, 6.45) is 4.43. The third-order valence-corrected chi connectivity index (χ3v) is 3.32. The zero-order chi connectivity index (χ0) is 12.7. The molecule has 0 saturated carbocycles.